The molecule has 2 aromatic rings. The largest absolute Gasteiger partial charge is 0.288 e. The Morgan fingerprint density at radius 1 is 1.38 bits per heavy atom. The number of rotatable bonds is 2. The predicted molar refractivity (Wildman–Crippen MR) is 66.9 cm³/mol. The van der Waals surface area contributed by atoms with Crippen molar-refractivity contribution in [1.82, 2.24) is 0 Å². The number of thiophene rings is 1. The minimum absolute atomic E-state index is 0.0803. The van der Waals surface area contributed by atoms with E-state index in [1.807, 2.05) is 0 Å². The zero-order chi connectivity index (χ0) is 11.7. The van der Waals surface area contributed by atoms with Crippen LogP contribution in [0.4, 0.5) is 4.39 Å². The van der Waals surface area contributed by atoms with Crippen molar-refractivity contribution in [3.63, 3.8) is 0 Å². The Morgan fingerprint density at radius 2 is 2.12 bits per heavy atom. The summed E-state index contributed by atoms with van der Waals surface area (Å²) in [6.07, 6.45) is 0. The van der Waals surface area contributed by atoms with E-state index < -0.39 is 11.6 Å². The molecule has 1 aromatic heterocycles. The van der Waals surface area contributed by atoms with E-state index in [1.54, 1.807) is 10.8 Å². The fraction of sp³-hybridized carbons (Fsp3) is 0. The van der Waals surface area contributed by atoms with Crippen LogP contribution in [0.25, 0.3) is 0 Å². The molecule has 5 heteroatoms. The van der Waals surface area contributed by atoms with E-state index in [1.165, 1.54) is 29.5 Å². The summed E-state index contributed by atoms with van der Waals surface area (Å²) in [6, 6.07) is 4.19. The second-order valence-electron chi connectivity index (χ2n) is 3.06. The molecule has 0 N–H and O–H groups in total. The maximum atomic E-state index is 13.5. The van der Waals surface area contributed by atoms with Crippen molar-refractivity contribution in [1.29, 1.82) is 0 Å². The molecule has 0 fully saturated rings. The van der Waals surface area contributed by atoms with Crippen molar-refractivity contribution in [2.24, 2.45) is 0 Å². The monoisotopic (exact) mass is 318 g/mol. The average molecular weight is 320 g/mol. The molecular formula is C11H5BrClFOS. The van der Waals surface area contributed by atoms with Gasteiger partial charge in [-0.05, 0) is 28.1 Å². The summed E-state index contributed by atoms with van der Waals surface area (Å²) in [4.78, 5) is 12.0. The summed E-state index contributed by atoms with van der Waals surface area (Å²) in [5.41, 5.74) is 0.347. The minimum Gasteiger partial charge on any atom is -0.288 e. The molecule has 0 saturated carbocycles. The summed E-state index contributed by atoms with van der Waals surface area (Å²) in [5.74, 6) is -1.01. The molecule has 0 aliphatic carbocycles. The molecule has 1 aromatic carbocycles. The molecule has 0 spiro atoms. The quantitative estimate of drug-likeness (QED) is 0.743. The zero-order valence-corrected chi connectivity index (χ0v) is 11.0. The van der Waals surface area contributed by atoms with Crippen LogP contribution < -0.4 is 0 Å². The van der Waals surface area contributed by atoms with Gasteiger partial charge in [0.1, 0.15) is 5.82 Å². The standard InChI is InChI=1S/C11H5BrClFOS/c12-7-5-16-4-6(7)11(15)10-8(13)2-1-3-9(10)14/h1-5H. The Bertz CT molecular complexity index is 532. The van der Waals surface area contributed by atoms with Gasteiger partial charge in [0, 0.05) is 20.8 Å². The highest BCUT2D eigenvalue weighted by Gasteiger charge is 2.19. The zero-order valence-electron chi connectivity index (χ0n) is 7.84. The molecule has 2 rings (SSSR count). The van der Waals surface area contributed by atoms with Crippen LogP contribution >= 0.6 is 38.9 Å². The number of hydrogen-bond acceptors (Lipinski definition) is 2. The first-order chi connectivity index (χ1) is 7.61. The van der Waals surface area contributed by atoms with Crippen LogP contribution in [0.2, 0.25) is 5.02 Å². The van der Waals surface area contributed by atoms with Gasteiger partial charge in [0.15, 0.2) is 5.78 Å². The van der Waals surface area contributed by atoms with Gasteiger partial charge < -0.3 is 0 Å². The van der Waals surface area contributed by atoms with Crippen molar-refractivity contribution >= 4 is 44.7 Å². The van der Waals surface area contributed by atoms with Gasteiger partial charge in [-0.1, -0.05) is 17.7 Å². The molecule has 16 heavy (non-hydrogen) atoms. The smallest absolute Gasteiger partial charge is 0.199 e. The highest BCUT2D eigenvalue weighted by atomic mass is 79.9. The van der Waals surface area contributed by atoms with Crippen molar-refractivity contribution in [2.75, 3.05) is 0 Å². The molecule has 0 saturated heterocycles. The SMILES string of the molecule is O=C(c1cscc1Br)c1c(F)cccc1Cl. The van der Waals surface area contributed by atoms with Gasteiger partial charge in [-0.2, -0.15) is 11.3 Å². The molecule has 0 unspecified atom stereocenters. The van der Waals surface area contributed by atoms with Crippen molar-refractivity contribution in [2.45, 2.75) is 0 Å². The fourth-order valence-electron chi connectivity index (χ4n) is 1.29. The molecule has 1 nitrogen and oxygen atoms in total. The highest BCUT2D eigenvalue weighted by Crippen LogP contribution is 2.28. The Balaban J connectivity index is 2.54. The van der Waals surface area contributed by atoms with Gasteiger partial charge in [0.25, 0.3) is 0 Å². The molecule has 1 heterocycles. The fourth-order valence-corrected chi connectivity index (χ4v) is 3.00. The van der Waals surface area contributed by atoms with E-state index in [2.05, 4.69) is 15.9 Å². The number of halogens is 3. The number of hydrogen-bond donors (Lipinski definition) is 0. The Hall–Kier alpha value is -0.710. The number of ketones is 1. The second-order valence-corrected chi connectivity index (χ2v) is 5.06. The van der Waals surface area contributed by atoms with Crippen molar-refractivity contribution in [3.8, 4) is 0 Å². The summed E-state index contributed by atoms with van der Waals surface area (Å²) in [6.45, 7) is 0. The van der Waals surface area contributed by atoms with Crippen LogP contribution in [0.15, 0.2) is 33.4 Å². The lowest BCUT2D eigenvalue weighted by atomic mass is 10.1. The van der Waals surface area contributed by atoms with E-state index >= 15 is 0 Å². The van der Waals surface area contributed by atoms with Gasteiger partial charge in [-0.15, -0.1) is 0 Å². The van der Waals surface area contributed by atoms with Crippen LogP contribution in [-0.4, -0.2) is 5.78 Å². The minimum atomic E-state index is -0.601. The lowest BCUT2D eigenvalue weighted by Gasteiger charge is -2.03. The van der Waals surface area contributed by atoms with Crippen molar-refractivity contribution in [3.05, 3.63) is 55.4 Å². The molecule has 0 amide bonds. The molecule has 0 bridgehead atoms. The van der Waals surface area contributed by atoms with Gasteiger partial charge in [0.2, 0.25) is 0 Å². The molecule has 0 atom stereocenters. The van der Waals surface area contributed by atoms with Crippen LogP contribution in [0.3, 0.4) is 0 Å². The summed E-state index contributed by atoms with van der Waals surface area (Å²) in [7, 11) is 0. The maximum Gasteiger partial charge on any atom is 0.199 e. The normalized spacial score (nSPS) is 10.4. The van der Waals surface area contributed by atoms with Gasteiger partial charge in [0.05, 0.1) is 10.6 Å². The van der Waals surface area contributed by atoms with Crippen LogP contribution in [0.1, 0.15) is 15.9 Å². The van der Waals surface area contributed by atoms with E-state index in [9.17, 15) is 9.18 Å². The third kappa shape index (κ3) is 2.05. The van der Waals surface area contributed by atoms with Crippen LogP contribution in [-0.2, 0) is 0 Å². The molecule has 0 aliphatic rings. The molecule has 82 valence electrons. The lowest BCUT2D eigenvalue weighted by molar-refractivity contribution is 0.103. The number of benzene rings is 1. The summed E-state index contributed by atoms with van der Waals surface area (Å²) >= 11 is 10.4. The first kappa shape index (κ1) is 11.8. The predicted octanol–water partition coefficient (Wildman–Crippen LogP) is 4.53. The Kier molecular flexibility index (Phi) is 3.42. The summed E-state index contributed by atoms with van der Waals surface area (Å²) in [5, 5.41) is 3.56. The van der Waals surface area contributed by atoms with Gasteiger partial charge in [-0.3, -0.25) is 4.79 Å². The number of carbonyl (C=O) groups is 1. The van der Waals surface area contributed by atoms with Gasteiger partial charge >= 0.3 is 0 Å². The van der Waals surface area contributed by atoms with E-state index in [4.69, 9.17) is 11.6 Å². The average Bonchev–Trinajstić information content (AvgIpc) is 2.64. The highest BCUT2D eigenvalue weighted by molar-refractivity contribution is 9.10. The third-order valence-corrected chi connectivity index (χ3v) is 4.07. The topological polar surface area (TPSA) is 17.1 Å². The van der Waals surface area contributed by atoms with Crippen LogP contribution in [0, 0.1) is 5.82 Å². The first-order valence-electron chi connectivity index (χ1n) is 4.31. The summed E-state index contributed by atoms with van der Waals surface area (Å²) < 4.78 is 14.2. The maximum absolute atomic E-state index is 13.5. The lowest BCUT2D eigenvalue weighted by Crippen LogP contribution is -2.04. The second kappa shape index (κ2) is 4.65. The van der Waals surface area contributed by atoms with E-state index in [0.717, 1.165) is 0 Å². The van der Waals surface area contributed by atoms with Crippen molar-refractivity contribution < 1.29 is 9.18 Å². The van der Waals surface area contributed by atoms with E-state index in [-0.39, 0.29) is 10.6 Å². The molecule has 0 radical (unpaired) electrons. The van der Waals surface area contributed by atoms with Gasteiger partial charge in [-0.25, -0.2) is 4.39 Å². The first-order valence-corrected chi connectivity index (χ1v) is 6.43. The van der Waals surface area contributed by atoms with E-state index in [0.29, 0.717) is 10.0 Å². The van der Waals surface area contributed by atoms with Crippen LogP contribution in [0.5, 0.6) is 0 Å². The number of carbonyl (C=O) groups excluding carboxylic acids is 1. The molecular weight excluding hydrogens is 315 g/mol. The molecule has 0 aliphatic heterocycles. The Morgan fingerprint density at radius 3 is 2.69 bits per heavy atom. The third-order valence-electron chi connectivity index (χ3n) is 2.05. The Labute approximate surface area is 109 Å².